The minimum atomic E-state index is -0.729. The van der Waals surface area contributed by atoms with E-state index in [0.29, 0.717) is 17.1 Å². The molecule has 6 nitrogen and oxygen atoms in total. The summed E-state index contributed by atoms with van der Waals surface area (Å²) in [5, 5.41) is 9.81. The summed E-state index contributed by atoms with van der Waals surface area (Å²) in [5.74, 6) is -0.302. The van der Waals surface area contributed by atoms with E-state index in [-0.39, 0.29) is 17.1 Å². The number of phenolic OH excluding ortho intramolecular Hbond substituents is 1. The molecule has 0 aliphatic carbocycles. The highest BCUT2D eigenvalue weighted by Gasteiger charge is 2.19. The Bertz CT molecular complexity index is 966. The minimum Gasteiger partial charge on any atom is -0.508 e. The Morgan fingerprint density at radius 1 is 1.04 bits per heavy atom. The fourth-order valence-electron chi connectivity index (χ4n) is 2.56. The van der Waals surface area contributed by atoms with Gasteiger partial charge in [-0.15, -0.1) is 0 Å². The highest BCUT2D eigenvalue weighted by Crippen LogP contribution is 2.33. The van der Waals surface area contributed by atoms with Crippen molar-refractivity contribution in [3.63, 3.8) is 0 Å². The Kier molecular flexibility index (Phi) is 4.10. The van der Waals surface area contributed by atoms with Crippen molar-refractivity contribution < 1.29 is 9.90 Å². The monoisotopic (exact) mass is 334 g/mol. The molecule has 0 saturated heterocycles. The molecule has 1 aromatic heterocycles. The third-order valence-corrected chi connectivity index (χ3v) is 3.97. The summed E-state index contributed by atoms with van der Waals surface area (Å²) in [5.41, 5.74) is 15.3. The Morgan fingerprint density at radius 2 is 1.72 bits per heavy atom. The second-order valence-electron chi connectivity index (χ2n) is 5.89. The van der Waals surface area contributed by atoms with Gasteiger partial charge < -0.3 is 16.6 Å². The van der Waals surface area contributed by atoms with Crippen LogP contribution in [0, 0.1) is 13.8 Å². The second kappa shape index (κ2) is 6.24. The fourth-order valence-corrected chi connectivity index (χ4v) is 2.56. The lowest BCUT2D eigenvalue weighted by Crippen LogP contribution is -2.18. The summed E-state index contributed by atoms with van der Waals surface area (Å²) < 4.78 is 0. The van der Waals surface area contributed by atoms with Crippen molar-refractivity contribution >= 4 is 11.6 Å². The molecule has 3 rings (SSSR count). The number of phenols is 1. The lowest BCUT2D eigenvalue weighted by molar-refractivity contribution is 0.0996. The first kappa shape index (κ1) is 16.4. The summed E-state index contributed by atoms with van der Waals surface area (Å²) in [4.78, 5) is 20.6. The van der Waals surface area contributed by atoms with Crippen LogP contribution < -0.4 is 11.5 Å². The van der Waals surface area contributed by atoms with Crippen molar-refractivity contribution in [2.75, 3.05) is 5.73 Å². The molecule has 0 fully saturated rings. The Hall–Kier alpha value is -3.41. The Balaban J connectivity index is 2.29. The molecule has 0 bridgehead atoms. The van der Waals surface area contributed by atoms with Gasteiger partial charge in [0.15, 0.2) is 11.5 Å². The summed E-state index contributed by atoms with van der Waals surface area (Å²) in [6, 6.07) is 12.5. The van der Waals surface area contributed by atoms with Crippen LogP contribution >= 0.6 is 0 Å². The number of rotatable bonds is 3. The number of carbonyl (C=O) groups excluding carboxylic acids is 1. The van der Waals surface area contributed by atoms with E-state index in [2.05, 4.69) is 9.97 Å². The van der Waals surface area contributed by atoms with Crippen molar-refractivity contribution in [3.8, 4) is 28.4 Å². The SMILES string of the molecule is Cc1ccc(-c2nc(C(N)=O)c(N)c(-c3cc(O)ccc3C)n2)cc1. The average Bonchev–Trinajstić information content (AvgIpc) is 2.58. The maximum Gasteiger partial charge on any atom is 0.269 e. The summed E-state index contributed by atoms with van der Waals surface area (Å²) in [7, 11) is 0. The lowest BCUT2D eigenvalue weighted by atomic mass is 10.0. The quantitative estimate of drug-likeness (QED) is 0.681. The summed E-state index contributed by atoms with van der Waals surface area (Å²) in [6.07, 6.45) is 0. The zero-order chi connectivity index (χ0) is 18.1. The van der Waals surface area contributed by atoms with E-state index >= 15 is 0 Å². The van der Waals surface area contributed by atoms with Gasteiger partial charge in [0, 0.05) is 11.1 Å². The molecule has 0 saturated carbocycles. The molecule has 0 unspecified atom stereocenters. The first-order chi connectivity index (χ1) is 11.9. The van der Waals surface area contributed by atoms with Crippen molar-refractivity contribution in [2.24, 2.45) is 5.73 Å². The van der Waals surface area contributed by atoms with Crippen LogP contribution in [0.4, 0.5) is 5.69 Å². The Morgan fingerprint density at radius 3 is 2.36 bits per heavy atom. The largest absolute Gasteiger partial charge is 0.508 e. The van der Waals surface area contributed by atoms with Gasteiger partial charge in [-0.2, -0.15) is 0 Å². The molecule has 1 amide bonds. The number of aryl methyl sites for hydroxylation is 2. The molecular weight excluding hydrogens is 316 g/mol. The lowest BCUT2D eigenvalue weighted by Gasteiger charge is -2.13. The molecule has 0 aliphatic rings. The van der Waals surface area contributed by atoms with Crippen LogP contribution in [0.5, 0.6) is 5.75 Å². The van der Waals surface area contributed by atoms with Gasteiger partial charge in [0.25, 0.3) is 5.91 Å². The van der Waals surface area contributed by atoms with Crippen molar-refractivity contribution in [3.05, 3.63) is 59.3 Å². The molecule has 0 radical (unpaired) electrons. The zero-order valence-electron chi connectivity index (χ0n) is 13.9. The van der Waals surface area contributed by atoms with Gasteiger partial charge in [0.05, 0.1) is 11.4 Å². The molecule has 25 heavy (non-hydrogen) atoms. The van der Waals surface area contributed by atoms with Gasteiger partial charge in [-0.1, -0.05) is 35.9 Å². The van der Waals surface area contributed by atoms with Crippen molar-refractivity contribution in [1.29, 1.82) is 0 Å². The average molecular weight is 334 g/mol. The van der Waals surface area contributed by atoms with E-state index in [0.717, 1.165) is 16.7 Å². The maximum atomic E-state index is 11.8. The number of primary amides is 1. The van der Waals surface area contributed by atoms with E-state index < -0.39 is 5.91 Å². The van der Waals surface area contributed by atoms with Crippen LogP contribution in [-0.4, -0.2) is 21.0 Å². The fraction of sp³-hybridized carbons (Fsp3) is 0.105. The molecule has 0 aliphatic heterocycles. The van der Waals surface area contributed by atoms with Gasteiger partial charge >= 0.3 is 0 Å². The normalized spacial score (nSPS) is 10.6. The number of anilines is 1. The predicted molar refractivity (Wildman–Crippen MR) is 97.0 cm³/mol. The topological polar surface area (TPSA) is 115 Å². The third-order valence-electron chi connectivity index (χ3n) is 3.97. The molecule has 126 valence electrons. The van der Waals surface area contributed by atoms with Gasteiger partial charge in [0.1, 0.15) is 5.75 Å². The zero-order valence-corrected chi connectivity index (χ0v) is 13.9. The van der Waals surface area contributed by atoms with Crippen LogP contribution in [-0.2, 0) is 0 Å². The number of benzene rings is 2. The number of nitrogen functional groups attached to an aromatic ring is 1. The predicted octanol–water partition coefficient (Wildman–Crippen LogP) is 2.81. The highest BCUT2D eigenvalue weighted by molar-refractivity contribution is 5.99. The first-order valence-electron chi connectivity index (χ1n) is 7.71. The van der Waals surface area contributed by atoms with Crippen molar-refractivity contribution in [1.82, 2.24) is 9.97 Å². The molecule has 0 spiro atoms. The molecule has 1 heterocycles. The number of hydrogen-bond acceptors (Lipinski definition) is 5. The van der Waals surface area contributed by atoms with Crippen LogP contribution in [0.1, 0.15) is 21.6 Å². The van der Waals surface area contributed by atoms with Crippen LogP contribution in [0.3, 0.4) is 0 Å². The minimum absolute atomic E-state index is 0.0386. The van der Waals surface area contributed by atoms with E-state index in [1.165, 1.54) is 0 Å². The number of nitrogens with two attached hydrogens (primary N) is 2. The van der Waals surface area contributed by atoms with Crippen molar-refractivity contribution in [2.45, 2.75) is 13.8 Å². The van der Waals surface area contributed by atoms with Crippen LogP contribution in [0.15, 0.2) is 42.5 Å². The number of amides is 1. The molecule has 3 aromatic rings. The van der Waals surface area contributed by atoms with E-state index in [1.807, 2.05) is 38.1 Å². The standard InChI is InChI=1S/C19H18N4O2/c1-10-3-6-12(7-4-10)19-22-16(15(20)17(23-19)18(21)25)14-9-13(24)8-5-11(14)2/h3-9,24H,20H2,1-2H3,(H2,21,25). The highest BCUT2D eigenvalue weighted by atomic mass is 16.3. The second-order valence-corrected chi connectivity index (χ2v) is 5.89. The Labute approximate surface area is 145 Å². The number of aromatic nitrogens is 2. The molecule has 5 N–H and O–H groups in total. The molecule has 2 aromatic carbocycles. The number of aromatic hydroxyl groups is 1. The van der Waals surface area contributed by atoms with Gasteiger partial charge in [-0.05, 0) is 31.5 Å². The van der Waals surface area contributed by atoms with Crippen LogP contribution in [0.25, 0.3) is 22.6 Å². The van der Waals surface area contributed by atoms with E-state index in [1.54, 1.807) is 18.2 Å². The van der Waals surface area contributed by atoms with E-state index in [4.69, 9.17) is 11.5 Å². The number of hydrogen-bond donors (Lipinski definition) is 3. The van der Waals surface area contributed by atoms with Gasteiger partial charge in [0.2, 0.25) is 0 Å². The maximum absolute atomic E-state index is 11.8. The smallest absolute Gasteiger partial charge is 0.269 e. The first-order valence-corrected chi connectivity index (χ1v) is 7.71. The number of nitrogens with zero attached hydrogens (tertiary/aromatic N) is 2. The summed E-state index contributed by atoms with van der Waals surface area (Å²) in [6.45, 7) is 3.84. The molecule has 0 atom stereocenters. The van der Waals surface area contributed by atoms with Gasteiger partial charge in [-0.25, -0.2) is 9.97 Å². The molecule has 6 heteroatoms. The number of carbonyl (C=O) groups is 1. The van der Waals surface area contributed by atoms with Crippen LogP contribution in [0.2, 0.25) is 0 Å². The third kappa shape index (κ3) is 3.14. The van der Waals surface area contributed by atoms with E-state index in [9.17, 15) is 9.90 Å². The molecular formula is C19H18N4O2. The van der Waals surface area contributed by atoms with Gasteiger partial charge in [-0.3, -0.25) is 4.79 Å². The summed E-state index contributed by atoms with van der Waals surface area (Å²) >= 11 is 0.